The summed E-state index contributed by atoms with van der Waals surface area (Å²) in [7, 11) is 1.83. The van der Waals surface area contributed by atoms with E-state index in [1.165, 1.54) is 23.7 Å². The quantitative estimate of drug-likeness (QED) is 0.305. The minimum absolute atomic E-state index is 0. The minimum Gasteiger partial charge on any atom is -0.356 e. The highest BCUT2D eigenvalue weighted by atomic mass is 127. The van der Waals surface area contributed by atoms with Crippen molar-refractivity contribution in [3.8, 4) is 0 Å². The van der Waals surface area contributed by atoms with Crippen molar-refractivity contribution in [2.75, 3.05) is 44.7 Å². The van der Waals surface area contributed by atoms with Gasteiger partial charge in [-0.15, -0.1) is 35.3 Å². The molecule has 1 saturated heterocycles. The molecule has 0 aromatic carbocycles. The van der Waals surface area contributed by atoms with Gasteiger partial charge in [-0.05, 0) is 40.5 Å². The lowest BCUT2D eigenvalue weighted by molar-refractivity contribution is 0.178. The van der Waals surface area contributed by atoms with Crippen molar-refractivity contribution in [2.45, 2.75) is 59.0 Å². The number of nitrogens with one attached hydrogen (secondary N) is 2. The van der Waals surface area contributed by atoms with Gasteiger partial charge < -0.3 is 15.5 Å². The third-order valence-corrected chi connectivity index (χ3v) is 5.75. The van der Waals surface area contributed by atoms with Gasteiger partial charge in [-0.1, -0.05) is 0 Å². The van der Waals surface area contributed by atoms with Gasteiger partial charge in [0.25, 0.3) is 0 Å². The Balaban J connectivity index is 0.00000364. The zero-order chi connectivity index (χ0) is 18.9. The van der Waals surface area contributed by atoms with Gasteiger partial charge in [0.15, 0.2) is 11.1 Å². The van der Waals surface area contributed by atoms with Crippen LogP contribution in [0.2, 0.25) is 0 Å². The van der Waals surface area contributed by atoms with Crippen LogP contribution in [0.25, 0.3) is 0 Å². The maximum absolute atomic E-state index is 4.78. The Morgan fingerprint density at radius 3 is 2.41 bits per heavy atom. The van der Waals surface area contributed by atoms with Gasteiger partial charge in [-0.2, -0.15) is 0 Å². The molecular weight excluding hydrogens is 471 g/mol. The summed E-state index contributed by atoms with van der Waals surface area (Å²) in [6.07, 6.45) is 3.52. The summed E-state index contributed by atoms with van der Waals surface area (Å²) in [4.78, 5) is 14.0. The van der Waals surface area contributed by atoms with Crippen molar-refractivity contribution in [3.63, 3.8) is 0 Å². The van der Waals surface area contributed by atoms with E-state index in [9.17, 15) is 0 Å². The molecule has 0 spiro atoms. The van der Waals surface area contributed by atoms with E-state index in [0.29, 0.717) is 12.1 Å². The zero-order valence-electron chi connectivity index (χ0n) is 17.5. The van der Waals surface area contributed by atoms with Gasteiger partial charge in [0.2, 0.25) is 0 Å². The largest absolute Gasteiger partial charge is 0.356 e. The van der Waals surface area contributed by atoms with Crippen molar-refractivity contribution in [2.24, 2.45) is 4.99 Å². The summed E-state index contributed by atoms with van der Waals surface area (Å²) in [5.41, 5.74) is 1.17. The molecule has 2 heterocycles. The summed E-state index contributed by atoms with van der Waals surface area (Å²) in [6.45, 7) is 14.1. The molecule has 0 unspecified atom stereocenters. The molecule has 0 aliphatic carbocycles. The topological polar surface area (TPSA) is 55.8 Å². The monoisotopic (exact) mass is 508 g/mol. The molecule has 8 heteroatoms. The molecule has 0 atom stereocenters. The lowest BCUT2D eigenvalue weighted by Gasteiger charge is -2.30. The summed E-state index contributed by atoms with van der Waals surface area (Å²) < 4.78 is 0. The summed E-state index contributed by atoms with van der Waals surface area (Å²) in [6, 6.07) is 1.11. The lowest BCUT2D eigenvalue weighted by Crippen LogP contribution is -2.45. The van der Waals surface area contributed by atoms with Crippen LogP contribution < -0.4 is 15.5 Å². The smallest absolute Gasteiger partial charge is 0.191 e. The van der Waals surface area contributed by atoms with Gasteiger partial charge in [0.1, 0.15) is 0 Å². The van der Waals surface area contributed by atoms with E-state index in [1.807, 2.05) is 7.05 Å². The summed E-state index contributed by atoms with van der Waals surface area (Å²) >= 11 is 1.77. The van der Waals surface area contributed by atoms with E-state index in [-0.39, 0.29) is 24.0 Å². The Morgan fingerprint density at radius 2 is 1.81 bits per heavy atom. The standard InChI is InChI=1S/C19H36N6S.HI/c1-15(2)25(16(3)4)13-10-22-18(20-5)21-9-8-17-14-26-19(23-17)24-11-6-7-12-24;/h14-16H,6-13H2,1-5H3,(H2,20,21,22);1H. The second-order valence-electron chi connectivity index (χ2n) is 7.42. The number of aliphatic imine (C=N–C) groups is 1. The molecule has 1 aliphatic heterocycles. The Kier molecular flexibility index (Phi) is 11.6. The predicted octanol–water partition coefficient (Wildman–Crippen LogP) is 3.19. The van der Waals surface area contributed by atoms with Crippen molar-refractivity contribution < 1.29 is 0 Å². The SMILES string of the molecule is CN=C(NCCc1csc(N2CCCC2)n1)NCCN(C(C)C)C(C)C.I. The molecule has 1 aromatic rings. The predicted molar refractivity (Wildman–Crippen MR) is 129 cm³/mol. The number of nitrogens with zero attached hydrogens (tertiary/aromatic N) is 4. The second kappa shape index (κ2) is 12.8. The van der Waals surface area contributed by atoms with Crippen LogP contribution in [-0.4, -0.2) is 67.7 Å². The first kappa shape index (κ1) is 24.4. The van der Waals surface area contributed by atoms with E-state index in [2.05, 4.69) is 58.5 Å². The van der Waals surface area contributed by atoms with Gasteiger partial charge in [0, 0.05) is 63.7 Å². The van der Waals surface area contributed by atoms with Gasteiger partial charge >= 0.3 is 0 Å². The highest BCUT2D eigenvalue weighted by Crippen LogP contribution is 2.24. The number of guanidine groups is 1. The molecule has 1 fully saturated rings. The number of aromatic nitrogens is 1. The van der Waals surface area contributed by atoms with E-state index in [1.54, 1.807) is 11.3 Å². The van der Waals surface area contributed by atoms with Crippen LogP contribution in [0.5, 0.6) is 0 Å². The van der Waals surface area contributed by atoms with Gasteiger partial charge in [0.05, 0.1) is 5.69 Å². The molecule has 27 heavy (non-hydrogen) atoms. The molecule has 1 aliphatic rings. The average molecular weight is 509 g/mol. The third-order valence-electron chi connectivity index (χ3n) is 4.80. The van der Waals surface area contributed by atoms with Crippen LogP contribution in [-0.2, 0) is 6.42 Å². The molecule has 0 bridgehead atoms. The molecule has 0 saturated carbocycles. The Bertz CT molecular complexity index is 546. The molecular formula is C19H37IN6S. The van der Waals surface area contributed by atoms with E-state index in [0.717, 1.165) is 45.1 Å². The maximum atomic E-state index is 4.78. The molecule has 0 radical (unpaired) electrons. The molecule has 2 N–H and O–H groups in total. The molecule has 2 rings (SSSR count). The highest BCUT2D eigenvalue weighted by Gasteiger charge is 2.15. The Morgan fingerprint density at radius 1 is 1.19 bits per heavy atom. The number of anilines is 1. The normalized spacial score (nSPS) is 15.0. The Labute approximate surface area is 186 Å². The van der Waals surface area contributed by atoms with Crippen LogP contribution in [0, 0.1) is 0 Å². The van der Waals surface area contributed by atoms with Crippen LogP contribution >= 0.6 is 35.3 Å². The van der Waals surface area contributed by atoms with Crippen molar-refractivity contribution in [1.29, 1.82) is 0 Å². The van der Waals surface area contributed by atoms with Gasteiger partial charge in [-0.3, -0.25) is 9.89 Å². The van der Waals surface area contributed by atoms with E-state index < -0.39 is 0 Å². The number of hydrogen-bond donors (Lipinski definition) is 2. The molecule has 156 valence electrons. The van der Waals surface area contributed by atoms with Crippen molar-refractivity contribution in [1.82, 2.24) is 20.5 Å². The fraction of sp³-hybridized carbons (Fsp3) is 0.789. The van der Waals surface area contributed by atoms with Crippen molar-refractivity contribution >= 4 is 46.4 Å². The first-order valence-corrected chi connectivity index (χ1v) is 10.8. The van der Waals surface area contributed by atoms with Crippen LogP contribution in [0.4, 0.5) is 5.13 Å². The average Bonchev–Trinajstić information content (AvgIpc) is 3.27. The van der Waals surface area contributed by atoms with Crippen LogP contribution in [0.15, 0.2) is 10.4 Å². The van der Waals surface area contributed by atoms with Crippen molar-refractivity contribution in [3.05, 3.63) is 11.1 Å². The lowest BCUT2D eigenvalue weighted by atomic mass is 10.2. The summed E-state index contributed by atoms with van der Waals surface area (Å²) in [5, 5.41) is 10.2. The number of hydrogen-bond acceptors (Lipinski definition) is 5. The third kappa shape index (κ3) is 8.11. The first-order chi connectivity index (χ1) is 12.5. The van der Waals surface area contributed by atoms with Gasteiger partial charge in [-0.25, -0.2) is 4.98 Å². The van der Waals surface area contributed by atoms with E-state index >= 15 is 0 Å². The maximum Gasteiger partial charge on any atom is 0.191 e. The fourth-order valence-corrected chi connectivity index (χ4v) is 4.32. The number of thiazole rings is 1. The van der Waals surface area contributed by atoms with Crippen LogP contribution in [0.3, 0.4) is 0 Å². The second-order valence-corrected chi connectivity index (χ2v) is 8.25. The fourth-order valence-electron chi connectivity index (χ4n) is 3.41. The minimum atomic E-state index is 0. The Hall–Kier alpha value is -0.610. The summed E-state index contributed by atoms with van der Waals surface area (Å²) in [5.74, 6) is 0.868. The van der Waals surface area contributed by atoms with E-state index in [4.69, 9.17) is 4.98 Å². The van der Waals surface area contributed by atoms with Crippen LogP contribution in [0.1, 0.15) is 46.2 Å². The number of rotatable bonds is 9. The molecule has 1 aromatic heterocycles. The number of halogens is 1. The zero-order valence-corrected chi connectivity index (χ0v) is 20.6. The molecule has 0 amide bonds. The molecule has 6 nitrogen and oxygen atoms in total. The first-order valence-electron chi connectivity index (χ1n) is 9.91. The highest BCUT2D eigenvalue weighted by molar-refractivity contribution is 14.0.